The van der Waals surface area contributed by atoms with Crippen LogP contribution < -0.4 is 14.2 Å². The summed E-state index contributed by atoms with van der Waals surface area (Å²) < 4.78 is 16.8. The number of likely N-dealkylation sites (tertiary alicyclic amines) is 1. The van der Waals surface area contributed by atoms with E-state index in [0.29, 0.717) is 19.3 Å². The predicted molar refractivity (Wildman–Crippen MR) is 92.9 cm³/mol. The van der Waals surface area contributed by atoms with Crippen molar-refractivity contribution in [2.45, 2.75) is 25.9 Å². The summed E-state index contributed by atoms with van der Waals surface area (Å²) in [6.45, 7) is 5.47. The van der Waals surface area contributed by atoms with E-state index in [0.717, 1.165) is 30.3 Å². The summed E-state index contributed by atoms with van der Waals surface area (Å²) in [5, 5.41) is 0. The molecule has 0 saturated carbocycles. The van der Waals surface area contributed by atoms with Gasteiger partial charge in [-0.25, -0.2) is 0 Å². The van der Waals surface area contributed by atoms with Crippen LogP contribution >= 0.6 is 0 Å². The number of methoxy groups -OCH3 is 1. The number of hydrogen-bond acceptors (Lipinski definition) is 4. The van der Waals surface area contributed by atoms with Crippen molar-refractivity contribution in [1.82, 2.24) is 4.90 Å². The van der Waals surface area contributed by atoms with Gasteiger partial charge in [0.1, 0.15) is 19.0 Å². The summed E-state index contributed by atoms with van der Waals surface area (Å²) in [4.78, 5) is 2.51. The Kier molecular flexibility index (Phi) is 4.07. The van der Waals surface area contributed by atoms with Crippen molar-refractivity contribution in [2.24, 2.45) is 0 Å². The molecule has 0 unspecified atom stereocenters. The van der Waals surface area contributed by atoms with Crippen LogP contribution in [0.25, 0.3) is 0 Å². The quantitative estimate of drug-likeness (QED) is 0.857. The monoisotopic (exact) mass is 325 g/mol. The van der Waals surface area contributed by atoms with Crippen molar-refractivity contribution < 1.29 is 14.2 Å². The zero-order valence-electron chi connectivity index (χ0n) is 14.2. The highest BCUT2D eigenvalue weighted by Crippen LogP contribution is 2.38. The van der Waals surface area contributed by atoms with Gasteiger partial charge in [-0.1, -0.05) is 12.1 Å². The van der Waals surface area contributed by atoms with Crippen LogP contribution in [0.4, 0.5) is 0 Å². The van der Waals surface area contributed by atoms with Gasteiger partial charge >= 0.3 is 0 Å². The lowest BCUT2D eigenvalue weighted by molar-refractivity contribution is 0.0812. The highest BCUT2D eigenvalue weighted by atomic mass is 16.6. The molecule has 0 bridgehead atoms. The molecule has 4 rings (SSSR count). The third-order valence-corrected chi connectivity index (χ3v) is 4.98. The molecule has 0 amide bonds. The van der Waals surface area contributed by atoms with Gasteiger partial charge < -0.3 is 14.2 Å². The van der Waals surface area contributed by atoms with Crippen molar-refractivity contribution in [1.29, 1.82) is 0 Å². The molecule has 0 aliphatic carbocycles. The van der Waals surface area contributed by atoms with Crippen LogP contribution in [0.1, 0.15) is 29.2 Å². The first-order valence-electron chi connectivity index (χ1n) is 8.52. The lowest BCUT2D eigenvalue weighted by atomic mass is 9.93. The lowest BCUT2D eigenvalue weighted by Gasteiger charge is -2.42. The van der Waals surface area contributed by atoms with Crippen molar-refractivity contribution in [3.05, 3.63) is 53.1 Å². The number of nitrogens with zero attached hydrogens (tertiary/aromatic N) is 1. The van der Waals surface area contributed by atoms with E-state index in [-0.39, 0.29) is 0 Å². The van der Waals surface area contributed by atoms with E-state index in [2.05, 4.69) is 42.2 Å². The fourth-order valence-electron chi connectivity index (χ4n) is 3.48. The fourth-order valence-corrected chi connectivity index (χ4v) is 3.48. The van der Waals surface area contributed by atoms with Gasteiger partial charge in [-0.3, -0.25) is 4.90 Å². The Morgan fingerprint density at radius 1 is 1.12 bits per heavy atom. The van der Waals surface area contributed by atoms with E-state index >= 15 is 0 Å². The molecule has 0 radical (unpaired) electrons. The molecule has 0 aromatic heterocycles. The third kappa shape index (κ3) is 2.82. The van der Waals surface area contributed by atoms with Crippen LogP contribution in [0.2, 0.25) is 0 Å². The minimum absolute atomic E-state index is 0.465. The summed E-state index contributed by atoms with van der Waals surface area (Å²) in [7, 11) is 1.72. The standard InChI is InChI=1S/C20H23NO3/c1-14-10-19-20(24-9-8-23-19)12-16(14)13-21-7-6-18(21)15-4-3-5-17(11-15)22-2/h3-5,10-12,18H,6-9,13H2,1-2H3/t18-/m0/s1. The molecular formula is C20H23NO3. The number of rotatable bonds is 4. The van der Waals surface area contributed by atoms with Gasteiger partial charge in [0, 0.05) is 19.1 Å². The average molecular weight is 325 g/mol. The minimum Gasteiger partial charge on any atom is -0.497 e. The molecular weight excluding hydrogens is 302 g/mol. The predicted octanol–water partition coefficient (Wildman–Crippen LogP) is 3.72. The number of benzene rings is 2. The maximum Gasteiger partial charge on any atom is 0.161 e. The van der Waals surface area contributed by atoms with E-state index in [4.69, 9.17) is 14.2 Å². The summed E-state index contributed by atoms with van der Waals surface area (Å²) >= 11 is 0. The smallest absolute Gasteiger partial charge is 0.161 e. The van der Waals surface area contributed by atoms with E-state index in [1.54, 1.807) is 7.11 Å². The average Bonchev–Trinajstić information content (AvgIpc) is 2.59. The van der Waals surface area contributed by atoms with Gasteiger partial charge in [-0.15, -0.1) is 0 Å². The molecule has 2 aliphatic rings. The fraction of sp³-hybridized carbons (Fsp3) is 0.400. The number of hydrogen-bond donors (Lipinski definition) is 0. The van der Waals surface area contributed by atoms with E-state index < -0.39 is 0 Å². The first-order chi connectivity index (χ1) is 11.7. The largest absolute Gasteiger partial charge is 0.497 e. The molecule has 2 aromatic carbocycles. The molecule has 1 atom stereocenters. The minimum atomic E-state index is 0.465. The van der Waals surface area contributed by atoms with Gasteiger partial charge in [-0.2, -0.15) is 0 Å². The molecule has 24 heavy (non-hydrogen) atoms. The molecule has 126 valence electrons. The van der Waals surface area contributed by atoms with E-state index in [9.17, 15) is 0 Å². The Hall–Kier alpha value is -2.20. The molecule has 2 heterocycles. The molecule has 0 N–H and O–H groups in total. The molecule has 1 fully saturated rings. The third-order valence-electron chi connectivity index (χ3n) is 4.98. The van der Waals surface area contributed by atoms with Gasteiger partial charge in [0.25, 0.3) is 0 Å². The van der Waals surface area contributed by atoms with E-state index in [1.165, 1.54) is 23.1 Å². The number of aryl methyl sites for hydroxylation is 1. The molecule has 0 spiro atoms. The SMILES string of the molecule is COc1cccc([C@@H]2CCN2Cc2cc3c(cc2C)OCCO3)c1. The van der Waals surface area contributed by atoms with Crippen LogP contribution in [0, 0.1) is 6.92 Å². The van der Waals surface area contributed by atoms with Crippen LogP contribution in [0.3, 0.4) is 0 Å². The first kappa shape index (κ1) is 15.3. The maximum absolute atomic E-state index is 5.73. The Labute approximate surface area is 142 Å². The van der Waals surface area contributed by atoms with Crippen LogP contribution in [0.5, 0.6) is 17.2 Å². The highest BCUT2D eigenvalue weighted by Gasteiger charge is 2.30. The van der Waals surface area contributed by atoms with Crippen LogP contribution in [0.15, 0.2) is 36.4 Å². The van der Waals surface area contributed by atoms with Crippen LogP contribution in [-0.2, 0) is 6.54 Å². The second-order valence-electron chi connectivity index (χ2n) is 6.47. The zero-order valence-corrected chi connectivity index (χ0v) is 14.2. The van der Waals surface area contributed by atoms with Crippen molar-refractivity contribution >= 4 is 0 Å². The van der Waals surface area contributed by atoms with Gasteiger partial charge in [-0.05, 0) is 54.3 Å². The second-order valence-corrected chi connectivity index (χ2v) is 6.47. The Morgan fingerprint density at radius 3 is 2.62 bits per heavy atom. The summed E-state index contributed by atoms with van der Waals surface area (Å²) in [5.41, 5.74) is 3.90. The molecule has 4 heteroatoms. The zero-order chi connectivity index (χ0) is 16.5. The first-order valence-corrected chi connectivity index (χ1v) is 8.52. The molecule has 4 nitrogen and oxygen atoms in total. The number of fused-ring (bicyclic) bond motifs is 1. The van der Waals surface area contributed by atoms with Crippen LogP contribution in [-0.4, -0.2) is 31.8 Å². The maximum atomic E-state index is 5.73. The normalized spacial score (nSPS) is 19.7. The topological polar surface area (TPSA) is 30.9 Å². The Balaban J connectivity index is 1.53. The molecule has 2 aromatic rings. The van der Waals surface area contributed by atoms with Gasteiger partial charge in [0.05, 0.1) is 7.11 Å². The molecule has 1 saturated heterocycles. The van der Waals surface area contributed by atoms with Crippen molar-refractivity contribution in [3.8, 4) is 17.2 Å². The Bertz CT molecular complexity index is 744. The van der Waals surface area contributed by atoms with E-state index in [1.807, 2.05) is 6.07 Å². The lowest BCUT2D eigenvalue weighted by Crippen LogP contribution is -2.40. The highest BCUT2D eigenvalue weighted by molar-refractivity contribution is 5.48. The van der Waals surface area contributed by atoms with Gasteiger partial charge in [0.2, 0.25) is 0 Å². The number of ether oxygens (including phenoxy) is 3. The molecule has 2 aliphatic heterocycles. The Morgan fingerprint density at radius 2 is 1.92 bits per heavy atom. The second kappa shape index (κ2) is 6.36. The summed E-state index contributed by atoms with van der Waals surface area (Å²) in [6, 6.07) is 13.1. The van der Waals surface area contributed by atoms with Crippen molar-refractivity contribution in [3.63, 3.8) is 0 Å². The van der Waals surface area contributed by atoms with Crippen molar-refractivity contribution in [2.75, 3.05) is 26.9 Å². The summed E-state index contributed by atoms with van der Waals surface area (Å²) in [6.07, 6.45) is 1.19. The summed E-state index contributed by atoms with van der Waals surface area (Å²) in [5.74, 6) is 2.67. The van der Waals surface area contributed by atoms with Gasteiger partial charge in [0.15, 0.2) is 11.5 Å².